The van der Waals surface area contributed by atoms with Crippen molar-refractivity contribution in [3.8, 4) is 147 Å². The van der Waals surface area contributed by atoms with E-state index in [9.17, 15) is 0 Å². The van der Waals surface area contributed by atoms with E-state index in [1.54, 1.807) is 0 Å². The molecule has 2 atom stereocenters. The van der Waals surface area contributed by atoms with E-state index in [4.69, 9.17) is 39.9 Å². The molecular weight excluding hydrogens is 1510 g/mol. The first-order valence-electron chi connectivity index (χ1n) is 42.1. The molecule has 2 aliphatic carbocycles. The van der Waals surface area contributed by atoms with Crippen LogP contribution in [0.15, 0.2) is 425 Å². The number of nitrogens with zero attached hydrogens (tertiary/aromatic N) is 10. The molecule has 0 bridgehead atoms. The number of fused-ring (bicyclic) bond motifs is 24. The van der Waals surface area contributed by atoms with Gasteiger partial charge in [0.1, 0.15) is 0 Å². The smallest absolute Gasteiger partial charge is 0.160 e. The average molecular weight is 1580 g/mol. The summed E-state index contributed by atoms with van der Waals surface area (Å²) in [5, 5.41) is 4.95. The van der Waals surface area contributed by atoms with Gasteiger partial charge in [0.2, 0.25) is 0 Å². The van der Waals surface area contributed by atoms with Crippen LogP contribution in [0.1, 0.15) is 44.5 Å². The molecule has 10 heteroatoms. The second kappa shape index (κ2) is 28.0. The van der Waals surface area contributed by atoms with E-state index >= 15 is 0 Å². The molecule has 576 valence electrons. The van der Waals surface area contributed by atoms with Crippen LogP contribution in [0.25, 0.3) is 191 Å². The van der Waals surface area contributed by atoms with Gasteiger partial charge in [0, 0.05) is 99.4 Å². The molecule has 0 radical (unpaired) electrons. The summed E-state index contributed by atoms with van der Waals surface area (Å²) < 4.78 is 4.95. The molecule has 0 fully saturated rings. The maximum absolute atomic E-state index is 5.62. The van der Waals surface area contributed by atoms with Crippen molar-refractivity contribution in [1.29, 1.82) is 0 Å². The number of hydrogen-bond acceptors (Lipinski definition) is 8. The lowest BCUT2D eigenvalue weighted by Gasteiger charge is -2.40. The lowest BCUT2D eigenvalue weighted by atomic mass is 9.64. The largest absolute Gasteiger partial charge is 0.309 e. The molecule has 4 aliphatic rings. The lowest BCUT2D eigenvalue weighted by Crippen LogP contribution is -2.34. The molecule has 2 unspecified atom stereocenters. The van der Waals surface area contributed by atoms with Crippen molar-refractivity contribution < 1.29 is 0 Å². The first kappa shape index (κ1) is 70.5. The molecule has 0 saturated heterocycles. The Labute approximate surface area is 714 Å². The molecule has 8 heterocycles. The third kappa shape index (κ3) is 10.6. The molecule has 10 nitrogen and oxygen atoms in total. The van der Waals surface area contributed by atoms with Gasteiger partial charge >= 0.3 is 0 Å². The fourth-order valence-electron chi connectivity index (χ4n) is 20.4. The van der Waals surface area contributed by atoms with Crippen molar-refractivity contribution in [3.05, 3.63) is 469 Å². The van der Waals surface area contributed by atoms with Crippen molar-refractivity contribution in [1.82, 2.24) is 49.0 Å². The maximum Gasteiger partial charge on any atom is 0.160 e. The van der Waals surface area contributed by atoms with Gasteiger partial charge in [-0.2, -0.15) is 0 Å². The van der Waals surface area contributed by atoms with Crippen LogP contribution in [0.5, 0.6) is 0 Å². The topological polar surface area (TPSA) is 113 Å². The van der Waals surface area contributed by atoms with Gasteiger partial charge in [-0.25, -0.2) is 39.9 Å². The third-order valence-electron chi connectivity index (χ3n) is 25.7. The van der Waals surface area contributed by atoms with Gasteiger partial charge < -0.3 is 9.13 Å². The number of benzene rings is 16. The highest BCUT2D eigenvalue weighted by molar-refractivity contribution is 6.15. The molecule has 0 saturated carbocycles. The molecule has 2 spiro atoms. The summed E-state index contributed by atoms with van der Waals surface area (Å²) in [6, 6.07) is 150. The van der Waals surface area contributed by atoms with Crippen LogP contribution in [0.3, 0.4) is 0 Å². The molecule has 22 aromatic rings. The zero-order valence-electron chi connectivity index (χ0n) is 66.9. The quantitative estimate of drug-likeness (QED) is 0.133. The Morgan fingerprint density at radius 2 is 0.435 bits per heavy atom. The molecule has 26 rings (SSSR count). The van der Waals surface area contributed by atoms with Crippen LogP contribution < -0.4 is 0 Å². The van der Waals surface area contributed by atoms with E-state index < -0.39 is 10.8 Å². The van der Waals surface area contributed by atoms with Crippen molar-refractivity contribution in [3.63, 3.8) is 0 Å². The second-order valence-corrected chi connectivity index (χ2v) is 32.2. The van der Waals surface area contributed by atoms with Crippen LogP contribution in [-0.4, -0.2) is 49.0 Å². The monoisotopic (exact) mass is 1580 g/mol. The van der Waals surface area contributed by atoms with Gasteiger partial charge in [-0.1, -0.05) is 388 Å². The average Bonchev–Trinajstić information content (AvgIpc) is 1.49. The molecular formula is C114H70N10. The van der Waals surface area contributed by atoms with Gasteiger partial charge in [0.25, 0.3) is 0 Å². The first-order valence-corrected chi connectivity index (χ1v) is 42.1. The van der Waals surface area contributed by atoms with Crippen LogP contribution in [0.2, 0.25) is 0 Å². The molecule has 16 aromatic carbocycles. The summed E-state index contributed by atoms with van der Waals surface area (Å²) in [5.74, 6) is 2.74. The van der Waals surface area contributed by atoms with Crippen molar-refractivity contribution >= 4 is 43.6 Å². The fraction of sp³-hybridized carbons (Fsp3) is 0.0175. The Balaban J connectivity index is 0.000000136. The summed E-state index contributed by atoms with van der Waals surface area (Å²) in [5.41, 5.74) is 34.7. The highest BCUT2D eigenvalue weighted by Gasteiger charge is 2.56. The zero-order valence-corrected chi connectivity index (χ0v) is 66.9. The Morgan fingerprint density at radius 1 is 0.177 bits per heavy atom. The summed E-state index contributed by atoms with van der Waals surface area (Å²) in [6.07, 6.45) is 0. The number of rotatable bonds is 10. The number of aromatic nitrogens is 10. The highest BCUT2D eigenvalue weighted by atomic mass is 15.0. The number of hydrogen-bond donors (Lipinski definition) is 0. The van der Waals surface area contributed by atoms with E-state index in [0.29, 0.717) is 23.3 Å². The predicted octanol–water partition coefficient (Wildman–Crippen LogP) is 26.8. The molecule has 0 amide bonds. The molecule has 0 N–H and O–H groups in total. The molecule has 2 aliphatic heterocycles. The standard InChI is InChI=1S/2C57H35N5/c1-4-17-36(18-5-1)47-35-48(59-55(58-47)39-19-6-2-7-20-39)37-31-33-38(34-32-37)52-51-53(61-56(60-52)40-21-8-3-9-22-40)43-24-10-12-26-44(43)57(51)45-27-13-15-30-50(45)62-49-29-14-11-23-41(49)42-25-16-28-46(57)54(42)62;1-4-17-36(18-5-1)47-35-48(37-19-6-2-7-20-37)59-55(58-47)40-33-31-38(32-34-40)52-51-53(61-56(60-52)39-21-8-3-9-22-39)43-24-10-12-26-44(43)57(51)45-27-13-15-30-50(45)62-49-29-14-11-23-41(49)42-25-16-28-46(57)54(42)62/h2*1-35H. The van der Waals surface area contributed by atoms with Gasteiger partial charge in [-0.15, -0.1) is 0 Å². The van der Waals surface area contributed by atoms with E-state index in [1.165, 1.54) is 82.7 Å². The van der Waals surface area contributed by atoms with Crippen LogP contribution in [0, 0.1) is 0 Å². The lowest BCUT2D eigenvalue weighted by molar-refractivity contribution is 0.744. The minimum Gasteiger partial charge on any atom is -0.309 e. The maximum atomic E-state index is 5.62. The second-order valence-electron chi connectivity index (χ2n) is 32.2. The molecule has 6 aromatic heterocycles. The van der Waals surface area contributed by atoms with E-state index in [1.807, 2.05) is 84.9 Å². The summed E-state index contributed by atoms with van der Waals surface area (Å²) >= 11 is 0. The minimum absolute atomic E-state index is 0.666. The van der Waals surface area contributed by atoms with Crippen LogP contribution in [-0.2, 0) is 10.8 Å². The van der Waals surface area contributed by atoms with Gasteiger partial charge in [0.15, 0.2) is 23.3 Å². The SMILES string of the molecule is c1ccc(-c2cc(-c3ccc(-c4nc(-c5ccccc5)nc5c4C4(c6ccccc6-5)c5ccccc5-n5c6ccccc6c6cccc4c65)cc3)nc(-c3ccccc3)n2)cc1.c1ccc(-c2cc(-c3ccccc3)nc(-c3ccc(-c4nc(-c5ccccc5)nc5c4C4(c6ccccc6-5)c5ccccc5-n5c6ccccc6c6cccc4c65)cc3)n2)cc1. The van der Waals surface area contributed by atoms with Crippen LogP contribution in [0.4, 0.5) is 0 Å². The summed E-state index contributed by atoms with van der Waals surface area (Å²) in [6.45, 7) is 0. The summed E-state index contributed by atoms with van der Waals surface area (Å²) in [4.78, 5) is 42.8. The fourth-order valence-corrected chi connectivity index (χ4v) is 20.4. The zero-order chi connectivity index (χ0) is 81.6. The van der Waals surface area contributed by atoms with Crippen LogP contribution >= 0.6 is 0 Å². The molecule has 124 heavy (non-hydrogen) atoms. The van der Waals surface area contributed by atoms with E-state index in [-0.39, 0.29) is 0 Å². The van der Waals surface area contributed by atoms with Gasteiger partial charge in [-0.05, 0) is 69.8 Å². The summed E-state index contributed by atoms with van der Waals surface area (Å²) in [7, 11) is 0. The van der Waals surface area contributed by atoms with Crippen molar-refractivity contribution in [2.45, 2.75) is 10.8 Å². The first-order chi connectivity index (χ1) is 61.5. The van der Waals surface area contributed by atoms with Crippen molar-refractivity contribution in [2.75, 3.05) is 0 Å². The van der Waals surface area contributed by atoms with Crippen molar-refractivity contribution in [2.24, 2.45) is 0 Å². The predicted molar refractivity (Wildman–Crippen MR) is 500 cm³/mol. The minimum atomic E-state index is -0.715. The van der Waals surface area contributed by atoms with E-state index in [2.05, 4.69) is 349 Å². The van der Waals surface area contributed by atoms with Gasteiger partial charge in [-0.3, -0.25) is 0 Å². The number of para-hydroxylation sites is 6. The Kier molecular flexibility index (Phi) is 15.9. The Morgan fingerprint density at radius 3 is 0.815 bits per heavy atom. The Bertz CT molecular complexity index is 7480. The normalized spacial score (nSPS) is 14.5. The highest BCUT2D eigenvalue weighted by Crippen LogP contribution is 2.65. The van der Waals surface area contributed by atoms with Gasteiger partial charge in [0.05, 0.1) is 89.8 Å². The Hall–Kier alpha value is -16.6. The van der Waals surface area contributed by atoms with E-state index in [0.717, 1.165) is 129 Å². The third-order valence-corrected chi connectivity index (χ3v) is 25.7.